The molecule has 1 saturated heterocycles. The lowest BCUT2D eigenvalue weighted by Crippen LogP contribution is -2.50. The minimum absolute atomic E-state index is 0.130. The highest BCUT2D eigenvalue weighted by atomic mass is 16.5. The van der Waals surface area contributed by atoms with Crippen molar-refractivity contribution in [1.82, 2.24) is 14.7 Å². The molecule has 0 saturated carbocycles. The van der Waals surface area contributed by atoms with Crippen LogP contribution in [0, 0.1) is 6.92 Å². The Hall–Kier alpha value is -2.31. The van der Waals surface area contributed by atoms with Gasteiger partial charge in [-0.1, -0.05) is 18.2 Å². The molecular formula is C21H29N3O3. The normalized spacial score (nSPS) is 15.6. The molecule has 27 heavy (non-hydrogen) atoms. The van der Waals surface area contributed by atoms with Crippen molar-refractivity contribution in [3.8, 4) is 5.75 Å². The van der Waals surface area contributed by atoms with Gasteiger partial charge in [-0.2, -0.15) is 0 Å². The fraction of sp³-hybridized carbons (Fsp3) is 0.476. The zero-order valence-electron chi connectivity index (χ0n) is 16.3. The van der Waals surface area contributed by atoms with E-state index < -0.39 is 0 Å². The second-order valence-electron chi connectivity index (χ2n) is 7.04. The molecule has 6 nitrogen and oxygen atoms in total. The van der Waals surface area contributed by atoms with E-state index in [9.17, 15) is 4.79 Å². The summed E-state index contributed by atoms with van der Waals surface area (Å²) in [5.41, 5.74) is 0. The average Bonchev–Trinajstić information content (AvgIpc) is 3.08. The molecule has 2 heterocycles. The first-order valence-corrected chi connectivity index (χ1v) is 9.52. The van der Waals surface area contributed by atoms with E-state index in [1.807, 2.05) is 56.4 Å². The van der Waals surface area contributed by atoms with Crippen molar-refractivity contribution in [2.75, 3.05) is 52.9 Å². The highest BCUT2D eigenvalue weighted by molar-refractivity contribution is 5.77. The largest absolute Gasteiger partial charge is 0.492 e. The predicted molar refractivity (Wildman–Crippen MR) is 105 cm³/mol. The molecule has 1 aromatic heterocycles. The molecule has 1 aliphatic heterocycles. The average molecular weight is 371 g/mol. The number of piperazine rings is 1. The summed E-state index contributed by atoms with van der Waals surface area (Å²) in [5, 5.41) is 0. The van der Waals surface area contributed by atoms with Crippen LogP contribution < -0.4 is 4.74 Å². The van der Waals surface area contributed by atoms with Crippen molar-refractivity contribution in [3.63, 3.8) is 0 Å². The molecule has 0 radical (unpaired) electrons. The van der Waals surface area contributed by atoms with E-state index in [4.69, 9.17) is 9.15 Å². The van der Waals surface area contributed by atoms with Crippen LogP contribution in [0.15, 0.2) is 46.9 Å². The number of hydrogen-bond donors (Lipinski definition) is 0. The number of likely N-dealkylation sites (N-methyl/N-ethyl adjacent to an activating group) is 1. The lowest BCUT2D eigenvalue weighted by molar-refractivity contribution is -0.132. The Balaban J connectivity index is 1.33. The number of para-hydroxylation sites is 1. The zero-order chi connectivity index (χ0) is 19.1. The van der Waals surface area contributed by atoms with Crippen molar-refractivity contribution < 1.29 is 13.9 Å². The zero-order valence-corrected chi connectivity index (χ0v) is 16.3. The molecule has 3 rings (SSSR count). The van der Waals surface area contributed by atoms with Crippen molar-refractivity contribution in [2.45, 2.75) is 13.5 Å². The fourth-order valence-electron chi connectivity index (χ4n) is 3.18. The van der Waals surface area contributed by atoms with E-state index in [1.165, 1.54) is 0 Å². The Morgan fingerprint density at radius 3 is 2.44 bits per heavy atom. The molecule has 0 atom stereocenters. The third-order valence-electron chi connectivity index (χ3n) is 4.86. The fourth-order valence-corrected chi connectivity index (χ4v) is 3.18. The second-order valence-corrected chi connectivity index (χ2v) is 7.04. The number of amides is 1. The van der Waals surface area contributed by atoms with Gasteiger partial charge in [0.15, 0.2) is 0 Å². The van der Waals surface area contributed by atoms with E-state index in [0.29, 0.717) is 19.7 Å². The number of aryl methyl sites for hydroxylation is 1. The van der Waals surface area contributed by atoms with Gasteiger partial charge < -0.3 is 14.1 Å². The summed E-state index contributed by atoms with van der Waals surface area (Å²) < 4.78 is 11.3. The molecule has 0 aliphatic carbocycles. The van der Waals surface area contributed by atoms with Gasteiger partial charge in [-0.05, 0) is 31.2 Å². The van der Waals surface area contributed by atoms with Crippen LogP contribution >= 0.6 is 0 Å². The summed E-state index contributed by atoms with van der Waals surface area (Å²) in [6, 6.07) is 13.8. The van der Waals surface area contributed by atoms with Gasteiger partial charge in [0, 0.05) is 39.8 Å². The number of rotatable bonds is 8. The third-order valence-corrected chi connectivity index (χ3v) is 4.86. The van der Waals surface area contributed by atoms with Crippen molar-refractivity contribution >= 4 is 5.91 Å². The van der Waals surface area contributed by atoms with E-state index in [0.717, 1.165) is 50.0 Å². The molecule has 0 N–H and O–H groups in total. The van der Waals surface area contributed by atoms with Crippen molar-refractivity contribution in [2.24, 2.45) is 0 Å². The van der Waals surface area contributed by atoms with Crippen LogP contribution in [-0.2, 0) is 11.3 Å². The Kier molecular flexibility index (Phi) is 6.90. The maximum Gasteiger partial charge on any atom is 0.236 e. The molecule has 0 spiro atoms. The smallest absolute Gasteiger partial charge is 0.236 e. The number of hydrogen-bond acceptors (Lipinski definition) is 5. The van der Waals surface area contributed by atoms with Crippen LogP contribution in [0.25, 0.3) is 0 Å². The van der Waals surface area contributed by atoms with Crippen molar-refractivity contribution in [1.29, 1.82) is 0 Å². The van der Waals surface area contributed by atoms with Gasteiger partial charge in [0.25, 0.3) is 0 Å². The van der Waals surface area contributed by atoms with Gasteiger partial charge in [0.1, 0.15) is 23.9 Å². The number of carbonyl (C=O) groups excluding carboxylic acids is 1. The van der Waals surface area contributed by atoms with Gasteiger partial charge in [0.2, 0.25) is 5.91 Å². The minimum atomic E-state index is 0.130. The van der Waals surface area contributed by atoms with Gasteiger partial charge in [-0.3, -0.25) is 14.6 Å². The predicted octanol–water partition coefficient (Wildman–Crippen LogP) is 2.24. The first-order valence-electron chi connectivity index (χ1n) is 9.52. The molecule has 2 aromatic rings. The van der Waals surface area contributed by atoms with Gasteiger partial charge >= 0.3 is 0 Å². The topological polar surface area (TPSA) is 49.2 Å². The molecule has 0 unspecified atom stereocenters. The summed E-state index contributed by atoms with van der Waals surface area (Å²) in [6.07, 6.45) is 0. The van der Waals surface area contributed by atoms with E-state index >= 15 is 0 Å². The molecule has 1 aliphatic rings. The van der Waals surface area contributed by atoms with Crippen LogP contribution in [0.2, 0.25) is 0 Å². The van der Waals surface area contributed by atoms with Gasteiger partial charge in [0.05, 0.1) is 13.1 Å². The van der Waals surface area contributed by atoms with Crippen LogP contribution in [0.3, 0.4) is 0 Å². The van der Waals surface area contributed by atoms with Gasteiger partial charge in [-0.25, -0.2) is 0 Å². The van der Waals surface area contributed by atoms with Crippen LogP contribution in [0.1, 0.15) is 11.5 Å². The monoisotopic (exact) mass is 371 g/mol. The minimum Gasteiger partial charge on any atom is -0.492 e. The SMILES string of the molecule is Cc1ccc(CN(C)C(=O)CN2CCN(CCOc3ccccc3)CC2)o1. The van der Waals surface area contributed by atoms with Crippen LogP contribution in [-0.4, -0.2) is 73.5 Å². The van der Waals surface area contributed by atoms with Crippen LogP contribution in [0.5, 0.6) is 5.75 Å². The van der Waals surface area contributed by atoms with Gasteiger partial charge in [-0.15, -0.1) is 0 Å². The number of ether oxygens (including phenoxy) is 1. The number of benzene rings is 1. The number of carbonyl (C=O) groups is 1. The number of furan rings is 1. The molecule has 1 aromatic carbocycles. The summed E-state index contributed by atoms with van der Waals surface area (Å²) in [6.45, 7) is 8.24. The Morgan fingerprint density at radius 1 is 1.07 bits per heavy atom. The summed E-state index contributed by atoms with van der Waals surface area (Å²) >= 11 is 0. The highest BCUT2D eigenvalue weighted by Crippen LogP contribution is 2.10. The summed E-state index contributed by atoms with van der Waals surface area (Å²) in [5.74, 6) is 2.74. The van der Waals surface area contributed by atoms with E-state index in [1.54, 1.807) is 4.90 Å². The lowest BCUT2D eigenvalue weighted by atomic mass is 10.3. The summed E-state index contributed by atoms with van der Waals surface area (Å²) in [7, 11) is 1.83. The lowest BCUT2D eigenvalue weighted by Gasteiger charge is -2.34. The molecule has 146 valence electrons. The Bertz CT molecular complexity index is 708. The van der Waals surface area contributed by atoms with Crippen LogP contribution in [0.4, 0.5) is 0 Å². The van der Waals surface area contributed by atoms with E-state index in [-0.39, 0.29) is 5.91 Å². The molecule has 1 amide bonds. The molecule has 1 fully saturated rings. The molecule has 6 heteroatoms. The maximum atomic E-state index is 12.4. The highest BCUT2D eigenvalue weighted by Gasteiger charge is 2.20. The van der Waals surface area contributed by atoms with E-state index in [2.05, 4.69) is 9.80 Å². The number of nitrogens with zero attached hydrogens (tertiary/aromatic N) is 3. The maximum absolute atomic E-state index is 12.4. The third kappa shape index (κ3) is 6.12. The standard InChI is InChI=1S/C21H29N3O3/c1-18-8-9-20(27-18)16-22(2)21(25)17-24-12-10-23(11-13-24)14-15-26-19-6-4-3-5-7-19/h3-9H,10-17H2,1-2H3. The second kappa shape index (κ2) is 9.58. The van der Waals surface area contributed by atoms with Crippen molar-refractivity contribution in [3.05, 3.63) is 54.0 Å². The summed E-state index contributed by atoms with van der Waals surface area (Å²) in [4.78, 5) is 18.8. The quantitative estimate of drug-likeness (QED) is 0.712. The Morgan fingerprint density at radius 2 is 1.78 bits per heavy atom. The first-order chi connectivity index (χ1) is 13.1. The molecular weight excluding hydrogens is 342 g/mol. The molecule has 0 bridgehead atoms. The Labute approximate surface area is 161 Å². The first kappa shape index (κ1) is 19.5.